The number of para-hydroxylation sites is 2. The molecule has 7 heteroatoms. The zero-order valence-corrected chi connectivity index (χ0v) is 18.0. The van der Waals surface area contributed by atoms with E-state index in [9.17, 15) is 0 Å². The van der Waals surface area contributed by atoms with Gasteiger partial charge in [0.15, 0.2) is 5.96 Å². The SMILES string of the molecule is CN=C(NCCCc1nc2ccccc2[nH]1)NCc1cccc(OC)c1.I. The number of hydrogen-bond acceptors (Lipinski definition) is 3. The number of ether oxygens (including phenoxy) is 1. The van der Waals surface area contributed by atoms with Crippen molar-refractivity contribution < 1.29 is 4.74 Å². The molecular weight excluding hydrogens is 453 g/mol. The van der Waals surface area contributed by atoms with E-state index in [1.807, 2.05) is 36.4 Å². The second kappa shape index (κ2) is 10.8. The van der Waals surface area contributed by atoms with E-state index in [0.717, 1.165) is 53.5 Å². The van der Waals surface area contributed by atoms with Gasteiger partial charge in [-0.1, -0.05) is 24.3 Å². The smallest absolute Gasteiger partial charge is 0.191 e. The molecule has 1 aromatic heterocycles. The predicted octanol–water partition coefficient (Wildman–Crippen LogP) is 3.49. The molecule has 27 heavy (non-hydrogen) atoms. The first-order chi connectivity index (χ1) is 12.8. The highest BCUT2D eigenvalue weighted by molar-refractivity contribution is 14.0. The summed E-state index contributed by atoms with van der Waals surface area (Å²) in [5, 5.41) is 6.66. The number of guanidine groups is 1. The van der Waals surface area contributed by atoms with Crippen molar-refractivity contribution >= 4 is 41.0 Å². The molecule has 1 heterocycles. The fourth-order valence-corrected chi connectivity index (χ4v) is 2.78. The quantitative estimate of drug-likeness (QED) is 0.210. The van der Waals surface area contributed by atoms with Crippen LogP contribution in [0.1, 0.15) is 17.8 Å². The molecule has 0 unspecified atom stereocenters. The van der Waals surface area contributed by atoms with Crippen LogP contribution in [0.5, 0.6) is 5.75 Å². The van der Waals surface area contributed by atoms with E-state index in [1.165, 1.54) is 0 Å². The zero-order valence-electron chi connectivity index (χ0n) is 15.7. The van der Waals surface area contributed by atoms with Crippen LogP contribution in [0.2, 0.25) is 0 Å². The molecule has 0 saturated carbocycles. The Labute approximate surface area is 176 Å². The van der Waals surface area contributed by atoms with E-state index in [4.69, 9.17) is 4.74 Å². The van der Waals surface area contributed by atoms with Gasteiger partial charge >= 0.3 is 0 Å². The molecule has 0 fully saturated rings. The van der Waals surface area contributed by atoms with Crippen molar-refractivity contribution in [1.82, 2.24) is 20.6 Å². The first-order valence-corrected chi connectivity index (χ1v) is 8.79. The Morgan fingerprint density at radius 1 is 1.15 bits per heavy atom. The van der Waals surface area contributed by atoms with Crippen molar-refractivity contribution in [2.45, 2.75) is 19.4 Å². The van der Waals surface area contributed by atoms with Crippen molar-refractivity contribution in [2.24, 2.45) is 4.99 Å². The van der Waals surface area contributed by atoms with Crippen molar-refractivity contribution in [3.05, 3.63) is 59.9 Å². The summed E-state index contributed by atoms with van der Waals surface area (Å²) in [5.41, 5.74) is 3.26. The van der Waals surface area contributed by atoms with Gasteiger partial charge in [-0.25, -0.2) is 4.98 Å². The molecule has 2 aromatic carbocycles. The van der Waals surface area contributed by atoms with Gasteiger partial charge in [-0.15, -0.1) is 24.0 Å². The number of rotatable bonds is 7. The Balaban J connectivity index is 0.00000261. The fraction of sp³-hybridized carbons (Fsp3) is 0.300. The molecule has 3 rings (SSSR count). The maximum atomic E-state index is 5.25. The summed E-state index contributed by atoms with van der Waals surface area (Å²) in [7, 11) is 3.45. The number of hydrogen-bond donors (Lipinski definition) is 3. The third-order valence-corrected chi connectivity index (χ3v) is 4.14. The summed E-state index contributed by atoms with van der Waals surface area (Å²) in [5.74, 6) is 2.67. The lowest BCUT2D eigenvalue weighted by atomic mass is 10.2. The number of H-pyrrole nitrogens is 1. The fourth-order valence-electron chi connectivity index (χ4n) is 2.78. The number of aryl methyl sites for hydroxylation is 1. The Morgan fingerprint density at radius 2 is 2.00 bits per heavy atom. The highest BCUT2D eigenvalue weighted by Gasteiger charge is 2.03. The minimum absolute atomic E-state index is 0. The van der Waals surface area contributed by atoms with Crippen LogP contribution in [-0.2, 0) is 13.0 Å². The van der Waals surface area contributed by atoms with Gasteiger partial charge < -0.3 is 20.4 Å². The zero-order chi connectivity index (χ0) is 18.2. The normalized spacial score (nSPS) is 11.1. The van der Waals surface area contributed by atoms with Crippen LogP contribution in [0.25, 0.3) is 11.0 Å². The third kappa shape index (κ3) is 6.13. The van der Waals surface area contributed by atoms with E-state index in [-0.39, 0.29) is 24.0 Å². The first kappa shape index (κ1) is 21.0. The Morgan fingerprint density at radius 3 is 2.78 bits per heavy atom. The van der Waals surface area contributed by atoms with Crippen molar-refractivity contribution in [1.29, 1.82) is 0 Å². The molecule has 0 atom stereocenters. The monoisotopic (exact) mass is 479 g/mol. The van der Waals surface area contributed by atoms with E-state index in [2.05, 4.69) is 37.7 Å². The van der Waals surface area contributed by atoms with Gasteiger partial charge in [-0.3, -0.25) is 4.99 Å². The molecular formula is C20H26IN5O. The molecule has 0 radical (unpaired) electrons. The number of nitrogens with one attached hydrogen (secondary N) is 3. The molecule has 0 spiro atoms. The van der Waals surface area contributed by atoms with Crippen LogP contribution in [0.3, 0.4) is 0 Å². The van der Waals surface area contributed by atoms with Gasteiger partial charge in [0.05, 0.1) is 18.1 Å². The summed E-state index contributed by atoms with van der Waals surface area (Å²) < 4.78 is 5.25. The number of aromatic amines is 1. The van der Waals surface area contributed by atoms with Crippen molar-refractivity contribution in [3.8, 4) is 5.75 Å². The Hall–Kier alpha value is -2.29. The second-order valence-corrected chi connectivity index (χ2v) is 6.01. The lowest BCUT2D eigenvalue weighted by Crippen LogP contribution is -2.37. The Bertz CT molecular complexity index is 844. The van der Waals surface area contributed by atoms with Crippen LogP contribution in [0, 0.1) is 0 Å². The van der Waals surface area contributed by atoms with Crippen molar-refractivity contribution in [3.63, 3.8) is 0 Å². The molecule has 0 aliphatic carbocycles. The number of halogens is 1. The molecule has 3 aromatic rings. The molecule has 3 N–H and O–H groups in total. The van der Waals surface area contributed by atoms with E-state index < -0.39 is 0 Å². The molecule has 6 nitrogen and oxygen atoms in total. The van der Waals surface area contributed by atoms with Gasteiger partial charge in [-0.2, -0.15) is 0 Å². The van der Waals surface area contributed by atoms with Crippen LogP contribution >= 0.6 is 24.0 Å². The van der Waals surface area contributed by atoms with Gasteiger partial charge in [0.2, 0.25) is 0 Å². The second-order valence-electron chi connectivity index (χ2n) is 6.01. The topological polar surface area (TPSA) is 74.3 Å². The highest BCUT2D eigenvalue weighted by atomic mass is 127. The average molecular weight is 479 g/mol. The minimum atomic E-state index is 0. The van der Waals surface area contributed by atoms with E-state index >= 15 is 0 Å². The summed E-state index contributed by atoms with van der Waals surface area (Å²) in [6.45, 7) is 1.52. The van der Waals surface area contributed by atoms with Crippen LogP contribution in [0.4, 0.5) is 0 Å². The number of imidazole rings is 1. The summed E-state index contributed by atoms with van der Waals surface area (Å²) in [4.78, 5) is 12.2. The van der Waals surface area contributed by atoms with Crippen LogP contribution < -0.4 is 15.4 Å². The largest absolute Gasteiger partial charge is 0.497 e. The maximum Gasteiger partial charge on any atom is 0.191 e. The number of fused-ring (bicyclic) bond motifs is 1. The van der Waals surface area contributed by atoms with Crippen LogP contribution in [-0.4, -0.2) is 36.6 Å². The maximum absolute atomic E-state index is 5.25. The lowest BCUT2D eigenvalue weighted by molar-refractivity contribution is 0.414. The van der Waals surface area contributed by atoms with E-state index in [1.54, 1.807) is 14.2 Å². The lowest BCUT2D eigenvalue weighted by Gasteiger charge is -2.12. The third-order valence-electron chi connectivity index (χ3n) is 4.14. The standard InChI is InChI=1S/C20H25N5O.HI/c1-21-20(23-14-15-7-5-8-16(13-15)26-2)22-12-6-11-19-24-17-9-3-4-10-18(17)25-19;/h3-5,7-10,13H,6,11-12,14H2,1-2H3,(H,24,25)(H2,21,22,23);1H. The number of benzene rings is 2. The van der Waals surface area contributed by atoms with Crippen molar-refractivity contribution in [2.75, 3.05) is 20.7 Å². The molecule has 0 aliphatic heterocycles. The highest BCUT2D eigenvalue weighted by Crippen LogP contribution is 2.12. The van der Waals surface area contributed by atoms with Crippen LogP contribution in [0.15, 0.2) is 53.5 Å². The first-order valence-electron chi connectivity index (χ1n) is 8.79. The number of nitrogens with zero attached hydrogens (tertiary/aromatic N) is 2. The summed E-state index contributed by atoms with van der Waals surface area (Å²) in [6.07, 6.45) is 1.87. The molecule has 144 valence electrons. The average Bonchev–Trinajstić information content (AvgIpc) is 3.10. The molecule has 0 saturated heterocycles. The summed E-state index contributed by atoms with van der Waals surface area (Å²) in [6, 6.07) is 16.1. The number of aliphatic imine (C=N–C) groups is 1. The van der Waals surface area contributed by atoms with Gasteiger partial charge in [0.1, 0.15) is 11.6 Å². The van der Waals surface area contributed by atoms with Gasteiger partial charge in [0.25, 0.3) is 0 Å². The molecule has 0 bridgehead atoms. The van der Waals surface area contributed by atoms with E-state index in [0.29, 0.717) is 6.54 Å². The Kier molecular flexibility index (Phi) is 8.38. The molecule has 0 aliphatic rings. The van der Waals surface area contributed by atoms with Gasteiger partial charge in [-0.05, 0) is 36.2 Å². The number of methoxy groups -OCH3 is 1. The minimum Gasteiger partial charge on any atom is -0.497 e. The summed E-state index contributed by atoms with van der Waals surface area (Å²) >= 11 is 0. The number of aromatic nitrogens is 2. The predicted molar refractivity (Wildman–Crippen MR) is 121 cm³/mol. The van der Waals surface area contributed by atoms with Gasteiger partial charge in [0, 0.05) is 26.6 Å². The molecule has 0 amide bonds.